The quantitative estimate of drug-likeness (QED) is 0.200. The molecule has 0 N–H and O–H groups in total. The van der Waals surface area contributed by atoms with Gasteiger partial charge in [0.15, 0.2) is 0 Å². The molecule has 0 radical (unpaired) electrons. The Hall–Kier alpha value is -5.46. The Kier molecular flexibility index (Phi) is 5.43. The molecule has 0 amide bonds. The zero-order valence-electron chi connectivity index (χ0n) is 23.3. The van der Waals surface area contributed by atoms with Gasteiger partial charge in [0.05, 0.1) is 40.0 Å². The van der Waals surface area contributed by atoms with Crippen molar-refractivity contribution in [3.05, 3.63) is 136 Å². The van der Waals surface area contributed by atoms with Gasteiger partial charge in [-0.1, -0.05) is 60.7 Å². The van der Waals surface area contributed by atoms with E-state index in [-0.39, 0.29) is 5.92 Å². The number of hydrogen-bond acceptors (Lipinski definition) is 4. The van der Waals surface area contributed by atoms with Gasteiger partial charge >= 0.3 is 0 Å². The summed E-state index contributed by atoms with van der Waals surface area (Å²) < 4.78 is 5.98. The van der Waals surface area contributed by atoms with Gasteiger partial charge in [-0.2, -0.15) is 10.5 Å². The monoisotopic (exact) mass is 595 g/mol. The summed E-state index contributed by atoms with van der Waals surface area (Å²) in [7, 11) is 0. The minimum atomic E-state index is -0.0760. The van der Waals surface area contributed by atoms with E-state index in [1.165, 1.54) is 46.1 Å². The van der Waals surface area contributed by atoms with E-state index in [4.69, 9.17) is 0 Å². The molecular weight excluding hydrogens is 575 g/mol. The molecule has 3 heterocycles. The lowest BCUT2D eigenvalue weighted by molar-refractivity contribution is 1.03. The third kappa shape index (κ3) is 3.58. The Bertz CT molecular complexity index is 2590. The molecule has 5 aromatic carbocycles. The summed E-state index contributed by atoms with van der Waals surface area (Å²) >= 11 is 3.57. The van der Waals surface area contributed by atoms with E-state index in [9.17, 15) is 10.5 Å². The standard InChI is InChI=1S/C39H21N3S2/c40-21-23-12-16-36-29(18-23)31-20-37-30(19-38(31)44-36)28-15-13-24(14-17-35(28)43-37)39-25(22-41)6-5-11-34(39)42-32-9-3-1-7-26(32)27-8-2-4-10-33(27)42/h1-20,24H. The predicted molar refractivity (Wildman–Crippen MR) is 186 cm³/mol. The van der Waals surface area contributed by atoms with E-state index >= 15 is 0 Å². The van der Waals surface area contributed by atoms with Gasteiger partial charge in [0, 0.05) is 63.0 Å². The second-order valence-corrected chi connectivity index (χ2v) is 13.3. The lowest BCUT2D eigenvalue weighted by Crippen LogP contribution is -2.05. The van der Waals surface area contributed by atoms with Crippen LogP contribution in [0.25, 0.3) is 69.9 Å². The summed E-state index contributed by atoms with van der Waals surface area (Å²) in [6, 6.07) is 38.4. The first-order valence-electron chi connectivity index (χ1n) is 14.4. The van der Waals surface area contributed by atoms with Crippen LogP contribution in [0.2, 0.25) is 0 Å². The Morgan fingerprint density at radius 3 is 2.07 bits per heavy atom. The van der Waals surface area contributed by atoms with Crippen LogP contribution in [0, 0.1) is 22.7 Å². The first-order valence-corrected chi connectivity index (χ1v) is 16.1. The van der Waals surface area contributed by atoms with Gasteiger partial charge in [0.1, 0.15) is 0 Å². The van der Waals surface area contributed by atoms with Gasteiger partial charge in [-0.25, -0.2) is 0 Å². The minimum absolute atomic E-state index is 0.0760. The molecule has 44 heavy (non-hydrogen) atoms. The maximum Gasteiger partial charge on any atom is 0.0995 e. The molecule has 1 aliphatic rings. The number of benzene rings is 5. The summed E-state index contributed by atoms with van der Waals surface area (Å²) in [6.45, 7) is 0. The second kappa shape index (κ2) is 9.53. The maximum absolute atomic E-state index is 10.3. The molecule has 3 aromatic heterocycles. The fourth-order valence-corrected chi connectivity index (χ4v) is 9.03. The largest absolute Gasteiger partial charge is 0.309 e. The van der Waals surface area contributed by atoms with E-state index in [2.05, 4.69) is 114 Å². The van der Waals surface area contributed by atoms with Crippen LogP contribution in [0.1, 0.15) is 33.0 Å². The normalized spacial score (nSPS) is 14.4. The molecule has 9 rings (SSSR count). The van der Waals surface area contributed by atoms with Crippen molar-refractivity contribution in [3.63, 3.8) is 0 Å². The van der Waals surface area contributed by atoms with Crippen LogP contribution in [-0.4, -0.2) is 4.57 Å². The zero-order chi connectivity index (χ0) is 29.4. The lowest BCUT2D eigenvalue weighted by Gasteiger charge is -2.18. The van der Waals surface area contributed by atoms with Crippen molar-refractivity contribution in [2.24, 2.45) is 0 Å². The van der Waals surface area contributed by atoms with Crippen molar-refractivity contribution in [1.82, 2.24) is 4.57 Å². The second-order valence-electron chi connectivity index (χ2n) is 11.1. The molecule has 0 fully saturated rings. The van der Waals surface area contributed by atoms with Gasteiger partial charge in [-0.05, 0) is 60.7 Å². The number of para-hydroxylation sites is 2. The van der Waals surface area contributed by atoms with E-state index in [1.807, 2.05) is 24.3 Å². The van der Waals surface area contributed by atoms with E-state index < -0.39 is 0 Å². The van der Waals surface area contributed by atoms with Crippen molar-refractivity contribution in [2.75, 3.05) is 0 Å². The highest BCUT2D eigenvalue weighted by atomic mass is 32.1. The highest BCUT2D eigenvalue weighted by Gasteiger charge is 2.22. The molecule has 8 aromatic rings. The molecule has 204 valence electrons. The maximum atomic E-state index is 10.3. The van der Waals surface area contributed by atoms with Crippen molar-refractivity contribution >= 4 is 86.9 Å². The molecule has 0 saturated carbocycles. The van der Waals surface area contributed by atoms with Crippen LogP contribution < -0.4 is 0 Å². The van der Waals surface area contributed by atoms with Gasteiger partial charge < -0.3 is 4.57 Å². The van der Waals surface area contributed by atoms with Crippen molar-refractivity contribution < 1.29 is 0 Å². The molecule has 3 nitrogen and oxygen atoms in total. The molecule has 0 saturated heterocycles. The Balaban J connectivity index is 1.22. The molecule has 0 spiro atoms. The summed E-state index contributed by atoms with van der Waals surface area (Å²) in [5.41, 5.74) is 6.88. The van der Waals surface area contributed by atoms with Gasteiger partial charge in [0.25, 0.3) is 0 Å². The number of rotatable bonds is 2. The van der Waals surface area contributed by atoms with E-state index in [1.54, 1.807) is 22.7 Å². The van der Waals surface area contributed by atoms with Crippen LogP contribution in [-0.2, 0) is 0 Å². The lowest BCUT2D eigenvalue weighted by atomic mass is 9.91. The van der Waals surface area contributed by atoms with Crippen LogP contribution in [0.4, 0.5) is 0 Å². The first kappa shape index (κ1) is 25.1. The topological polar surface area (TPSA) is 52.5 Å². The summed E-state index contributed by atoms with van der Waals surface area (Å²) in [5.74, 6) is -0.0760. The third-order valence-corrected chi connectivity index (χ3v) is 11.0. The number of hydrogen-bond donors (Lipinski definition) is 0. The predicted octanol–water partition coefficient (Wildman–Crippen LogP) is 10.9. The average molecular weight is 596 g/mol. The molecule has 0 bridgehead atoms. The molecule has 5 heteroatoms. The zero-order valence-corrected chi connectivity index (χ0v) is 24.9. The van der Waals surface area contributed by atoms with E-state index in [0.717, 1.165) is 27.7 Å². The van der Waals surface area contributed by atoms with Crippen LogP contribution in [0.3, 0.4) is 0 Å². The Labute approximate surface area is 261 Å². The summed E-state index contributed by atoms with van der Waals surface area (Å²) in [4.78, 5) is 1.21. The van der Waals surface area contributed by atoms with Crippen LogP contribution >= 0.6 is 22.7 Å². The fourth-order valence-electron chi connectivity index (χ4n) is 6.79. The number of aromatic nitrogens is 1. The van der Waals surface area contributed by atoms with Gasteiger partial charge in [-0.15, -0.1) is 22.7 Å². The number of nitrogens with zero attached hydrogens (tertiary/aromatic N) is 3. The number of fused-ring (bicyclic) bond motifs is 9. The number of thiophene rings is 2. The number of allylic oxidation sites excluding steroid dienone is 2. The molecule has 1 atom stereocenters. The van der Waals surface area contributed by atoms with Gasteiger partial charge in [0.2, 0.25) is 0 Å². The van der Waals surface area contributed by atoms with Crippen molar-refractivity contribution in [2.45, 2.75) is 5.92 Å². The summed E-state index contributed by atoms with van der Waals surface area (Å²) in [6.07, 6.45) is 8.96. The minimum Gasteiger partial charge on any atom is -0.309 e. The summed E-state index contributed by atoms with van der Waals surface area (Å²) in [5, 5.41) is 25.7. The van der Waals surface area contributed by atoms with Gasteiger partial charge in [-0.3, -0.25) is 0 Å². The van der Waals surface area contributed by atoms with E-state index in [0.29, 0.717) is 11.1 Å². The van der Waals surface area contributed by atoms with Crippen molar-refractivity contribution in [3.8, 4) is 17.8 Å². The molecule has 0 aliphatic heterocycles. The third-order valence-electron chi connectivity index (χ3n) is 8.76. The molecule has 1 aliphatic carbocycles. The SMILES string of the molecule is N#Cc1ccc2sc3cc4c5c(sc4cc3c2c1)C=CC(c1c(C#N)cccc1-n1c2ccccc2c2ccccc21)C=C5. The fraction of sp³-hybridized carbons (Fsp3) is 0.0256. The first-order chi connectivity index (χ1) is 21.7. The number of nitriles is 2. The smallest absolute Gasteiger partial charge is 0.0995 e. The molecular formula is C39H21N3S2. The average Bonchev–Trinajstić information content (AvgIpc) is 3.66. The highest BCUT2D eigenvalue weighted by molar-refractivity contribution is 7.26. The van der Waals surface area contributed by atoms with Crippen molar-refractivity contribution in [1.29, 1.82) is 10.5 Å². The molecule has 1 unspecified atom stereocenters. The van der Waals surface area contributed by atoms with Crippen LogP contribution in [0.5, 0.6) is 0 Å². The van der Waals surface area contributed by atoms with Crippen LogP contribution in [0.15, 0.2) is 109 Å². The Morgan fingerprint density at radius 1 is 0.591 bits per heavy atom. The highest BCUT2D eigenvalue weighted by Crippen LogP contribution is 2.44. The Morgan fingerprint density at radius 2 is 1.30 bits per heavy atom.